The molecule has 0 spiro atoms. The summed E-state index contributed by atoms with van der Waals surface area (Å²) in [7, 11) is -35.0. The van der Waals surface area contributed by atoms with Gasteiger partial charge in [0.2, 0.25) is 17.5 Å². The predicted octanol–water partition coefficient (Wildman–Crippen LogP) is 3.45. The number of methoxy groups -OCH3 is 10. The molecule has 3 aromatic rings. The summed E-state index contributed by atoms with van der Waals surface area (Å²) in [5, 5.41) is -0.986. The van der Waals surface area contributed by atoms with Gasteiger partial charge in [-0.25, -0.2) is 0 Å². The molecule has 1 aromatic heterocycles. The van der Waals surface area contributed by atoms with Gasteiger partial charge in [-0.1, -0.05) is 0 Å². The standard InChI is InChI=1S/C37H50O16/c1-18-28(43-6)32(45-8)34(47-10)36(50-18)49-17-25-30(44-7)33(46-9)35(48-11)37(52-25)53-31-27(38)26-23(42-5)15-20(39-2)16-24(26)51-29(31)19-12-13-21(40-3)22(14-19)41-4/h12-16,18,25,28,30,32-37H,17H2,1-11H3/t18-,25-,28-,30?,32-,33+,34-,35+,36+,37-/m1/s1/i2D3,3D3,4D3,5D3,6D3,7D3,8D3,9D3,10D3,11D3. The highest BCUT2D eigenvalue weighted by molar-refractivity contribution is 5.88. The van der Waals surface area contributed by atoms with Crippen LogP contribution in [0.1, 0.15) is 48.0 Å². The second-order valence-corrected chi connectivity index (χ2v) is 11.2. The van der Waals surface area contributed by atoms with E-state index in [1.54, 1.807) is 0 Å². The van der Waals surface area contributed by atoms with Crippen LogP contribution in [0.2, 0.25) is 0 Å². The number of benzene rings is 2. The first-order valence-corrected chi connectivity index (χ1v) is 14.8. The highest BCUT2D eigenvalue weighted by Gasteiger charge is 2.51. The van der Waals surface area contributed by atoms with Gasteiger partial charge in [-0.15, -0.1) is 0 Å². The second-order valence-electron chi connectivity index (χ2n) is 11.2. The molecule has 3 heterocycles. The van der Waals surface area contributed by atoms with E-state index in [2.05, 4.69) is 0 Å². The van der Waals surface area contributed by atoms with Crippen molar-refractivity contribution in [2.45, 2.75) is 68.3 Å². The SMILES string of the molecule is [2H]C([2H])([2H])Oc1cc(OC([2H])([2H])[2H])c2c(=O)c(O[C@H]3O[C@H](CO[C@H]4O[C@H](C)[C@@H](OC([2H])([2H])[2H])[C@@H](OC([2H])([2H])[2H])[C@H]4OC([2H])([2H])[2H])C(OC([2H])([2H])[2H])[C@H](OC([2H])([2H])[2H])[C@@H]3OC([2H])([2H])[2H])c(-c3ccc(OC([2H])([2H])[2H])c(OC([2H])([2H])[2H])c3)oc2c1. The Morgan fingerprint density at radius 2 is 1.28 bits per heavy atom. The molecular formula is C37H50O16. The molecule has 2 saturated heterocycles. The summed E-state index contributed by atoms with van der Waals surface area (Å²) in [5.41, 5.74) is -3.08. The van der Waals surface area contributed by atoms with Crippen LogP contribution in [0.5, 0.6) is 28.7 Å². The Balaban J connectivity index is 1.85. The lowest BCUT2D eigenvalue weighted by molar-refractivity contribution is -0.329. The van der Waals surface area contributed by atoms with Gasteiger partial charge in [0.05, 0.1) is 82.0 Å². The molecule has 5 rings (SSSR count). The largest absolute Gasteiger partial charge is 0.496 e. The van der Waals surface area contributed by atoms with E-state index in [9.17, 15) is 0 Å². The Kier molecular flexibility index (Phi) is 5.65. The fourth-order valence-corrected chi connectivity index (χ4v) is 5.84. The Morgan fingerprint density at radius 1 is 0.642 bits per heavy atom. The first-order chi connectivity index (χ1) is 37.1. The Morgan fingerprint density at radius 3 is 2.02 bits per heavy atom. The Hall–Kier alpha value is -3.71. The summed E-state index contributed by atoms with van der Waals surface area (Å²) in [6.07, 6.45) is -23.6. The van der Waals surface area contributed by atoms with Crippen LogP contribution >= 0.6 is 0 Å². The van der Waals surface area contributed by atoms with Crippen molar-refractivity contribution < 1.29 is 112 Å². The molecule has 16 nitrogen and oxygen atoms in total. The van der Waals surface area contributed by atoms with E-state index in [-0.39, 0.29) is 0 Å². The first kappa shape index (κ1) is 16.6. The van der Waals surface area contributed by atoms with Crippen LogP contribution in [0.25, 0.3) is 22.3 Å². The van der Waals surface area contributed by atoms with Crippen molar-refractivity contribution in [3.8, 4) is 40.1 Å². The van der Waals surface area contributed by atoms with Gasteiger partial charge < -0.3 is 70.7 Å². The summed E-state index contributed by atoms with van der Waals surface area (Å²) in [5.74, 6) is -5.91. The van der Waals surface area contributed by atoms with Gasteiger partial charge in [-0.2, -0.15) is 0 Å². The Bertz CT molecular complexity index is 2740. The van der Waals surface area contributed by atoms with E-state index in [0.717, 1.165) is 19.1 Å². The van der Waals surface area contributed by atoms with Crippen molar-refractivity contribution in [1.29, 1.82) is 0 Å². The minimum Gasteiger partial charge on any atom is -0.496 e. The summed E-state index contributed by atoms with van der Waals surface area (Å²) in [4.78, 5) is 15.2. The summed E-state index contributed by atoms with van der Waals surface area (Å²) in [6, 6.07) is 3.60. The predicted molar refractivity (Wildman–Crippen MR) is 188 cm³/mol. The molecular weight excluding hydrogens is 700 g/mol. The molecule has 1 unspecified atom stereocenters. The molecule has 2 aliphatic heterocycles. The summed E-state index contributed by atoms with van der Waals surface area (Å²) in [6.45, 7) is -0.268. The van der Waals surface area contributed by atoms with E-state index in [4.69, 9.17) is 112 Å². The third-order valence-electron chi connectivity index (χ3n) is 8.34. The monoisotopic (exact) mass is 780 g/mol. The zero-order chi connectivity index (χ0) is 63.4. The smallest absolute Gasteiger partial charge is 0.239 e. The highest BCUT2D eigenvalue weighted by Crippen LogP contribution is 2.41. The lowest BCUT2D eigenvalue weighted by Gasteiger charge is -2.46. The maximum Gasteiger partial charge on any atom is 0.239 e. The van der Waals surface area contributed by atoms with Crippen LogP contribution in [-0.4, -0.2) is 138 Å². The third-order valence-corrected chi connectivity index (χ3v) is 8.34. The molecule has 0 aliphatic carbocycles. The molecule has 0 amide bonds. The van der Waals surface area contributed by atoms with Gasteiger partial charge >= 0.3 is 0 Å². The van der Waals surface area contributed by atoms with Crippen LogP contribution in [0.3, 0.4) is 0 Å². The van der Waals surface area contributed by atoms with Gasteiger partial charge in [0.1, 0.15) is 65.2 Å². The fraction of sp³-hybridized carbons (Fsp3) is 0.595. The lowest BCUT2D eigenvalue weighted by atomic mass is 9.97. The molecule has 2 aromatic carbocycles. The molecule has 53 heavy (non-hydrogen) atoms. The average molecular weight is 781 g/mol. The van der Waals surface area contributed by atoms with E-state index < -0.39 is 195 Å². The molecule has 0 radical (unpaired) electrons. The third kappa shape index (κ3) is 7.92. The molecule has 16 heteroatoms. The average Bonchev–Trinajstić information content (AvgIpc) is 2.87. The summed E-state index contributed by atoms with van der Waals surface area (Å²) >= 11 is 0. The summed E-state index contributed by atoms with van der Waals surface area (Å²) < 4.78 is 316. The van der Waals surface area contributed by atoms with Crippen LogP contribution in [0.15, 0.2) is 39.5 Å². The molecule has 0 saturated carbocycles. The number of hydrogen-bond donors (Lipinski definition) is 0. The van der Waals surface area contributed by atoms with E-state index in [1.165, 1.54) is 0 Å². The van der Waals surface area contributed by atoms with Gasteiger partial charge in [0.25, 0.3) is 0 Å². The molecule has 0 N–H and O–H groups in total. The maximum absolute atomic E-state index is 15.2. The van der Waals surface area contributed by atoms with Crippen LogP contribution in [-0.2, 0) is 42.6 Å². The van der Waals surface area contributed by atoms with Crippen molar-refractivity contribution in [2.75, 3.05) is 77.0 Å². The number of rotatable bonds is 16. The van der Waals surface area contributed by atoms with Crippen molar-refractivity contribution in [2.24, 2.45) is 0 Å². The van der Waals surface area contributed by atoms with E-state index in [0.29, 0.717) is 18.2 Å². The van der Waals surface area contributed by atoms with Gasteiger partial charge in [-0.3, -0.25) is 4.79 Å². The number of fused-ring (bicyclic) bond motifs is 1. The van der Waals surface area contributed by atoms with Crippen LogP contribution in [0, 0.1) is 0 Å². The van der Waals surface area contributed by atoms with E-state index >= 15 is 4.79 Å². The zero-order valence-corrected chi connectivity index (χ0v) is 26.9. The molecule has 0 bridgehead atoms. The van der Waals surface area contributed by atoms with Crippen molar-refractivity contribution in [3.05, 3.63) is 40.6 Å². The molecule has 2 aliphatic rings. The zero-order valence-electron chi connectivity index (χ0n) is 56.9. The molecule has 2 fully saturated rings. The molecule has 10 atom stereocenters. The van der Waals surface area contributed by atoms with Gasteiger partial charge in [0, 0.05) is 59.9 Å². The number of hydrogen-bond acceptors (Lipinski definition) is 16. The topological polar surface area (TPSA) is 159 Å². The van der Waals surface area contributed by atoms with Crippen molar-refractivity contribution >= 4 is 11.0 Å². The van der Waals surface area contributed by atoms with Crippen molar-refractivity contribution in [3.63, 3.8) is 0 Å². The van der Waals surface area contributed by atoms with Crippen molar-refractivity contribution in [1.82, 2.24) is 0 Å². The quantitative estimate of drug-likeness (QED) is 0.208. The highest BCUT2D eigenvalue weighted by atomic mass is 16.7. The maximum atomic E-state index is 15.2. The van der Waals surface area contributed by atoms with Gasteiger partial charge in [0.15, 0.2) is 23.5 Å². The lowest BCUT2D eigenvalue weighted by Crippen LogP contribution is -2.63. The molecule has 294 valence electrons. The first-order valence-electron chi connectivity index (χ1n) is 29.8. The fourth-order valence-electron chi connectivity index (χ4n) is 5.84. The minimum absolute atomic E-state index is 0.592. The minimum atomic E-state index is -3.74. The number of ether oxygens (including phenoxy) is 14. The van der Waals surface area contributed by atoms with E-state index in [1.807, 2.05) is 0 Å². The second kappa shape index (κ2) is 18.1. The van der Waals surface area contributed by atoms with Crippen LogP contribution < -0.4 is 29.1 Å². The normalized spacial score (nSPS) is 39.6. The van der Waals surface area contributed by atoms with Crippen LogP contribution in [0.4, 0.5) is 0 Å². The Labute approximate surface area is 350 Å². The van der Waals surface area contributed by atoms with Gasteiger partial charge in [-0.05, 0) is 25.1 Å².